The van der Waals surface area contributed by atoms with Crippen molar-refractivity contribution in [3.05, 3.63) is 35.4 Å². The van der Waals surface area contributed by atoms with E-state index in [1.165, 1.54) is 12.1 Å². The van der Waals surface area contributed by atoms with Gasteiger partial charge in [-0.1, -0.05) is 26.3 Å². The number of hydrogen-bond acceptors (Lipinski definition) is 3. The third-order valence-electron chi connectivity index (χ3n) is 2.10. The molecular weight excluding hydrogens is 238 g/mol. The molecular formula is C13H24F2N2O. The van der Waals surface area contributed by atoms with E-state index in [1.807, 2.05) is 6.92 Å². The molecule has 0 saturated carbocycles. The topological polar surface area (TPSA) is 72.3 Å². The average Bonchev–Trinajstić information content (AvgIpc) is 2.40. The van der Waals surface area contributed by atoms with Gasteiger partial charge < -0.3 is 10.9 Å². The molecule has 0 atom stereocenters. The summed E-state index contributed by atoms with van der Waals surface area (Å²) in [6.07, 6.45) is 3.77. The van der Waals surface area contributed by atoms with Gasteiger partial charge in [0.05, 0.1) is 0 Å². The minimum absolute atomic E-state index is 0.427. The van der Waals surface area contributed by atoms with E-state index in [1.54, 1.807) is 0 Å². The van der Waals surface area contributed by atoms with Crippen LogP contribution >= 0.6 is 0 Å². The Bertz CT molecular complexity index is 294. The molecule has 0 aliphatic heterocycles. The number of hydrogen-bond donors (Lipinski definition) is 3. The molecule has 0 amide bonds. The number of halogens is 2. The van der Waals surface area contributed by atoms with Crippen LogP contribution in [0, 0.1) is 11.6 Å². The van der Waals surface area contributed by atoms with Crippen LogP contribution in [-0.2, 0) is 6.42 Å². The van der Waals surface area contributed by atoms with Gasteiger partial charge in [0.25, 0.3) is 0 Å². The molecule has 106 valence electrons. The molecule has 0 bridgehead atoms. The molecule has 1 aromatic carbocycles. The maximum atomic E-state index is 12.9. The molecule has 1 rings (SSSR count). The van der Waals surface area contributed by atoms with Gasteiger partial charge >= 0.3 is 0 Å². The van der Waals surface area contributed by atoms with Gasteiger partial charge in [0.2, 0.25) is 0 Å². The van der Waals surface area contributed by atoms with E-state index < -0.39 is 11.6 Å². The van der Waals surface area contributed by atoms with Gasteiger partial charge in [-0.3, -0.25) is 0 Å². The van der Waals surface area contributed by atoms with Gasteiger partial charge in [0.15, 0.2) is 0 Å². The third-order valence-corrected chi connectivity index (χ3v) is 2.10. The zero-order valence-electron chi connectivity index (χ0n) is 11.1. The Morgan fingerprint density at radius 2 is 1.67 bits per heavy atom. The molecule has 0 saturated heterocycles. The van der Waals surface area contributed by atoms with Crippen LogP contribution in [0.25, 0.3) is 0 Å². The fourth-order valence-corrected chi connectivity index (χ4v) is 1.09. The van der Waals surface area contributed by atoms with Gasteiger partial charge in [0, 0.05) is 6.07 Å². The van der Waals surface area contributed by atoms with E-state index in [-0.39, 0.29) is 0 Å². The summed E-state index contributed by atoms with van der Waals surface area (Å²) >= 11 is 0. The maximum Gasteiger partial charge on any atom is 0.129 e. The zero-order chi connectivity index (χ0) is 14.4. The molecule has 1 aromatic rings. The normalized spacial score (nSPS) is 8.83. The maximum absolute atomic E-state index is 12.9. The van der Waals surface area contributed by atoms with Crippen molar-refractivity contribution in [2.24, 2.45) is 11.6 Å². The second-order valence-corrected chi connectivity index (χ2v) is 3.63. The highest BCUT2D eigenvalue weighted by molar-refractivity contribution is 5.18. The summed E-state index contributed by atoms with van der Waals surface area (Å²) in [5.74, 6) is 2.57. The van der Waals surface area contributed by atoms with Crippen LogP contribution in [0.2, 0.25) is 0 Å². The second kappa shape index (κ2) is 14.0. The van der Waals surface area contributed by atoms with Gasteiger partial charge in [-0.2, -0.15) is 0 Å². The number of aryl methyl sites for hydroxylation is 1. The number of nitrogens with two attached hydrogens (primary N) is 2. The van der Waals surface area contributed by atoms with Gasteiger partial charge in [-0.05, 0) is 37.4 Å². The van der Waals surface area contributed by atoms with E-state index in [2.05, 4.69) is 12.8 Å². The second-order valence-electron chi connectivity index (χ2n) is 3.63. The Kier molecular flexibility index (Phi) is 15.0. The Balaban J connectivity index is 0. The van der Waals surface area contributed by atoms with Crippen molar-refractivity contribution >= 4 is 0 Å². The summed E-state index contributed by atoms with van der Waals surface area (Å²) in [5, 5.41) is 6.50. The molecule has 5 N–H and O–H groups in total. The SMILES string of the molecule is CCCCc1ccc(F)cc1F.CCCN.NO. The predicted molar refractivity (Wildman–Crippen MR) is 70.3 cm³/mol. The Hall–Kier alpha value is -1.04. The molecule has 5 heteroatoms. The summed E-state index contributed by atoms with van der Waals surface area (Å²) in [4.78, 5) is 0. The lowest BCUT2D eigenvalue weighted by atomic mass is 10.1. The van der Waals surface area contributed by atoms with Crippen LogP contribution in [0.15, 0.2) is 18.2 Å². The highest BCUT2D eigenvalue weighted by atomic mass is 19.1. The largest absolute Gasteiger partial charge is 0.330 e. The van der Waals surface area contributed by atoms with Crippen LogP contribution in [0.5, 0.6) is 0 Å². The summed E-state index contributed by atoms with van der Waals surface area (Å²) in [6.45, 7) is 4.92. The Morgan fingerprint density at radius 1 is 1.11 bits per heavy atom. The minimum atomic E-state index is -0.507. The van der Waals surface area contributed by atoms with Crippen molar-refractivity contribution < 1.29 is 14.0 Å². The molecule has 3 nitrogen and oxygen atoms in total. The van der Waals surface area contributed by atoms with E-state index >= 15 is 0 Å². The van der Waals surface area contributed by atoms with Crippen molar-refractivity contribution in [1.29, 1.82) is 0 Å². The van der Waals surface area contributed by atoms with E-state index in [0.29, 0.717) is 12.0 Å². The molecule has 0 spiro atoms. The van der Waals surface area contributed by atoms with Crippen molar-refractivity contribution in [1.82, 2.24) is 0 Å². The third kappa shape index (κ3) is 10.1. The minimum Gasteiger partial charge on any atom is -0.330 e. The molecule has 0 aliphatic carbocycles. The highest BCUT2D eigenvalue weighted by Gasteiger charge is 2.01. The first kappa shape index (κ1) is 19.3. The molecule has 0 fully saturated rings. The van der Waals surface area contributed by atoms with Crippen molar-refractivity contribution in [3.8, 4) is 0 Å². The molecule has 0 aromatic heterocycles. The van der Waals surface area contributed by atoms with Crippen LogP contribution in [0.1, 0.15) is 38.7 Å². The van der Waals surface area contributed by atoms with Crippen LogP contribution in [0.4, 0.5) is 8.78 Å². The molecule has 0 heterocycles. The number of unbranched alkanes of at least 4 members (excludes halogenated alkanes) is 1. The lowest BCUT2D eigenvalue weighted by Crippen LogP contribution is -1.93. The number of rotatable bonds is 4. The highest BCUT2D eigenvalue weighted by Crippen LogP contribution is 2.11. The number of benzene rings is 1. The standard InChI is InChI=1S/C10H12F2.C3H9N.H3NO/c1-2-3-4-8-5-6-9(11)7-10(8)12;1-2-3-4;1-2/h5-7H,2-4H2,1H3;2-4H2,1H3;2H,1H2. The first-order valence-corrected chi connectivity index (χ1v) is 6.05. The molecule has 18 heavy (non-hydrogen) atoms. The monoisotopic (exact) mass is 262 g/mol. The van der Waals surface area contributed by atoms with E-state index in [0.717, 1.165) is 31.9 Å². The lowest BCUT2D eigenvalue weighted by molar-refractivity contribution is 0.311. The van der Waals surface area contributed by atoms with Gasteiger partial charge in [0.1, 0.15) is 11.6 Å². The van der Waals surface area contributed by atoms with Crippen molar-refractivity contribution in [3.63, 3.8) is 0 Å². The van der Waals surface area contributed by atoms with Gasteiger partial charge in [-0.15, -0.1) is 0 Å². The van der Waals surface area contributed by atoms with Crippen molar-refractivity contribution in [2.45, 2.75) is 39.5 Å². The quantitative estimate of drug-likeness (QED) is 0.730. The smallest absolute Gasteiger partial charge is 0.129 e. The van der Waals surface area contributed by atoms with Crippen LogP contribution in [0.3, 0.4) is 0 Å². The first-order chi connectivity index (χ1) is 8.65. The Labute approximate surface area is 108 Å². The van der Waals surface area contributed by atoms with E-state index in [4.69, 9.17) is 10.9 Å². The zero-order valence-corrected chi connectivity index (χ0v) is 11.1. The van der Waals surface area contributed by atoms with Crippen LogP contribution < -0.4 is 11.6 Å². The fourth-order valence-electron chi connectivity index (χ4n) is 1.09. The first-order valence-electron chi connectivity index (χ1n) is 6.05. The predicted octanol–water partition coefficient (Wildman–Crippen LogP) is 3.00. The van der Waals surface area contributed by atoms with Gasteiger partial charge in [-0.25, -0.2) is 14.7 Å². The summed E-state index contributed by atoms with van der Waals surface area (Å²) in [5.41, 5.74) is 5.64. The lowest BCUT2D eigenvalue weighted by Gasteiger charge is -2.00. The average molecular weight is 262 g/mol. The van der Waals surface area contributed by atoms with Crippen molar-refractivity contribution in [2.75, 3.05) is 6.54 Å². The van der Waals surface area contributed by atoms with Crippen LogP contribution in [-0.4, -0.2) is 11.8 Å². The van der Waals surface area contributed by atoms with E-state index in [9.17, 15) is 8.78 Å². The fraction of sp³-hybridized carbons (Fsp3) is 0.538. The molecule has 0 radical (unpaired) electrons. The molecule has 0 unspecified atom stereocenters. The summed E-state index contributed by atoms with van der Waals surface area (Å²) < 4.78 is 25.4. The summed E-state index contributed by atoms with van der Waals surface area (Å²) in [7, 11) is 0. The molecule has 0 aliphatic rings. The Morgan fingerprint density at radius 3 is 2.06 bits per heavy atom. The summed E-state index contributed by atoms with van der Waals surface area (Å²) in [6, 6.07) is 3.75.